The Morgan fingerprint density at radius 2 is 2.32 bits per heavy atom. The number of hydrogen-bond acceptors (Lipinski definition) is 5. The van der Waals surface area contributed by atoms with E-state index in [4.69, 9.17) is 22.3 Å². The molecule has 1 amide bonds. The molecule has 0 bridgehead atoms. The lowest BCUT2D eigenvalue weighted by Crippen LogP contribution is -2.44. The number of amides is 1. The summed E-state index contributed by atoms with van der Waals surface area (Å²) in [6, 6.07) is -0.112. The van der Waals surface area contributed by atoms with E-state index < -0.39 is 0 Å². The van der Waals surface area contributed by atoms with Gasteiger partial charge < -0.3 is 21.4 Å². The number of carbonyl (C=O) groups is 1. The molecule has 0 saturated carbocycles. The van der Waals surface area contributed by atoms with Gasteiger partial charge in [0.25, 0.3) is 0 Å². The van der Waals surface area contributed by atoms with E-state index in [9.17, 15) is 4.79 Å². The van der Waals surface area contributed by atoms with Crippen LogP contribution in [0, 0.1) is 11.8 Å². The van der Waals surface area contributed by atoms with Crippen LogP contribution in [-0.2, 0) is 4.79 Å². The fourth-order valence-electron chi connectivity index (χ4n) is 4.39. The molecule has 4 atom stereocenters. The van der Waals surface area contributed by atoms with E-state index >= 15 is 0 Å². The Morgan fingerprint density at radius 3 is 3.04 bits per heavy atom. The summed E-state index contributed by atoms with van der Waals surface area (Å²) >= 11 is 6.52. The van der Waals surface area contributed by atoms with E-state index in [1.54, 1.807) is 6.20 Å². The van der Waals surface area contributed by atoms with Crippen LogP contribution in [0.25, 0.3) is 11.2 Å². The van der Waals surface area contributed by atoms with Crippen molar-refractivity contribution < 1.29 is 4.79 Å². The summed E-state index contributed by atoms with van der Waals surface area (Å²) in [5, 5.41) is 7.46. The van der Waals surface area contributed by atoms with Crippen LogP contribution in [0.15, 0.2) is 18.3 Å². The molecule has 150 valence electrons. The molecule has 1 aliphatic carbocycles. The summed E-state index contributed by atoms with van der Waals surface area (Å²) in [4.78, 5) is 24.6. The first kappa shape index (κ1) is 19.2. The number of aromatic amines is 1. The van der Waals surface area contributed by atoms with E-state index in [-0.39, 0.29) is 23.8 Å². The molecule has 8 heteroatoms. The first-order chi connectivity index (χ1) is 13.6. The Labute approximate surface area is 169 Å². The van der Waals surface area contributed by atoms with E-state index in [0.717, 1.165) is 49.4 Å². The Morgan fingerprint density at radius 1 is 1.46 bits per heavy atom. The lowest BCUT2D eigenvalue weighted by molar-refractivity contribution is -0.122. The van der Waals surface area contributed by atoms with Gasteiger partial charge in [-0.25, -0.2) is 9.97 Å². The topological polar surface area (TPSA) is 109 Å². The van der Waals surface area contributed by atoms with Gasteiger partial charge in [-0.3, -0.25) is 4.79 Å². The second-order valence-corrected chi connectivity index (χ2v) is 8.17. The van der Waals surface area contributed by atoms with Crippen LogP contribution >= 0.6 is 11.6 Å². The number of pyridine rings is 1. The summed E-state index contributed by atoms with van der Waals surface area (Å²) in [6.07, 6.45) is 9.61. The van der Waals surface area contributed by atoms with Crippen LogP contribution in [0.1, 0.15) is 44.3 Å². The predicted octanol–water partition coefficient (Wildman–Crippen LogP) is 2.95. The SMILES string of the molecule is CCC1C=CCC(C(N)=O)C1Nc1c(Cl)cnc2nc(C3CCCNC3)[nH]c12. The van der Waals surface area contributed by atoms with Gasteiger partial charge in [-0.2, -0.15) is 0 Å². The number of aromatic nitrogens is 3. The van der Waals surface area contributed by atoms with Gasteiger partial charge in [0.1, 0.15) is 11.3 Å². The van der Waals surface area contributed by atoms with Gasteiger partial charge in [0.15, 0.2) is 5.65 Å². The third-order valence-corrected chi connectivity index (χ3v) is 6.28. The van der Waals surface area contributed by atoms with Crippen molar-refractivity contribution in [3.05, 3.63) is 29.2 Å². The van der Waals surface area contributed by atoms with E-state index in [0.29, 0.717) is 23.0 Å². The zero-order valence-corrected chi connectivity index (χ0v) is 16.8. The molecule has 1 aliphatic heterocycles. The number of nitrogens with one attached hydrogen (secondary N) is 3. The predicted molar refractivity (Wildman–Crippen MR) is 111 cm³/mol. The number of anilines is 1. The highest BCUT2D eigenvalue weighted by molar-refractivity contribution is 6.34. The molecule has 1 fully saturated rings. The van der Waals surface area contributed by atoms with Gasteiger partial charge in [0, 0.05) is 18.5 Å². The third kappa shape index (κ3) is 3.61. The first-order valence-corrected chi connectivity index (χ1v) is 10.4. The Bertz CT molecular complexity index is 888. The van der Waals surface area contributed by atoms with Gasteiger partial charge in [-0.1, -0.05) is 30.7 Å². The second-order valence-electron chi connectivity index (χ2n) is 7.76. The summed E-state index contributed by atoms with van der Waals surface area (Å²) in [5.74, 6) is 0.908. The van der Waals surface area contributed by atoms with Gasteiger partial charge in [-0.15, -0.1) is 0 Å². The molecule has 4 rings (SSSR count). The molecule has 7 nitrogen and oxygen atoms in total. The van der Waals surface area contributed by atoms with E-state index in [1.807, 2.05) is 0 Å². The van der Waals surface area contributed by atoms with E-state index in [2.05, 4.69) is 39.7 Å². The fourth-order valence-corrected chi connectivity index (χ4v) is 4.59. The molecule has 2 aliphatic rings. The lowest BCUT2D eigenvalue weighted by Gasteiger charge is -2.34. The van der Waals surface area contributed by atoms with Crippen molar-refractivity contribution in [2.45, 2.75) is 44.6 Å². The average molecular weight is 403 g/mol. The maximum absolute atomic E-state index is 12.1. The molecule has 1 saturated heterocycles. The van der Waals surface area contributed by atoms with Crippen LogP contribution in [0.3, 0.4) is 0 Å². The molecule has 0 aromatic carbocycles. The first-order valence-electron chi connectivity index (χ1n) is 10.1. The van der Waals surface area contributed by atoms with Crippen LogP contribution in [0.4, 0.5) is 5.69 Å². The third-order valence-electron chi connectivity index (χ3n) is 5.99. The van der Waals surface area contributed by atoms with Crippen LogP contribution in [-0.4, -0.2) is 40.0 Å². The number of hydrogen-bond donors (Lipinski definition) is 4. The normalized spacial score (nSPS) is 27.8. The quantitative estimate of drug-likeness (QED) is 0.575. The molecule has 0 spiro atoms. The van der Waals surface area contributed by atoms with Crippen LogP contribution in [0.2, 0.25) is 5.02 Å². The highest BCUT2D eigenvalue weighted by Gasteiger charge is 2.34. The van der Waals surface area contributed by atoms with Crippen molar-refractivity contribution in [1.29, 1.82) is 0 Å². The number of H-pyrrole nitrogens is 1. The lowest BCUT2D eigenvalue weighted by atomic mass is 9.79. The zero-order valence-electron chi connectivity index (χ0n) is 16.0. The monoisotopic (exact) mass is 402 g/mol. The largest absolute Gasteiger partial charge is 0.378 e. The maximum Gasteiger partial charge on any atom is 0.222 e. The summed E-state index contributed by atoms with van der Waals surface area (Å²) in [5.41, 5.74) is 7.88. The fraction of sp³-hybridized carbons (Fsp3) is 0.550. The molecule has 28 heavy (non-hydrogen) atoms. The van der Waals surface area contributed by atoms with Gasteiger partial charge >= 0.3 is 0 Å². The summed E-state index contributed by atoms with van der Waals surface area (Å²) < 4.78 is 0. The maximum atomic E-state index is 12.1. The zero-order chi connectivity index (χ0) is 19.7. The molecule has 0 radical (unpaired) electrons. The minimum absolute atomic E-state index is 0.112. The standard InChI is InChI=1S/C20H27ClN6O/c1-2-11-5-3-7-13(18(22)28)15(11)25-16-14(21)10-24-20-17(16)26-19(27-20)12-6-4-8-23-9-12/h3,5,10-13,15,23H,2,4,6-9H2,1H3,(H2,22,28)(H2,24,25,26,27). The minimum Gasteiger partial charge on any atom is -0.378 e. The van der Waals surface area contributed by atoms with E-state index in [1.165, 1.54) is 0 Å². The van der Waals surface area contributed by atoms with Gasteiger partial charge in [0.2, 0.25) is 5.91 Å². The second kappa shape index (κ2) is 8.09. The van der Waals surface area contributed by atoms with Crippen molar-refractivity contribution in [3.63, 3.8) is 0 Å². The number of carbonyl (C=O) groups excluding carboxylic acids is 1. The molecule has 3 heterocycles. The molecular weight excluding hydrogens is 376 g/mol. The number of piperidine rings is 1. The number of allylic oxidation sites excluding steroid dienone is 1. The smallest absolute Gasteiger partial charge is 0.222 e. The molecule has 5 N–H and O–H groups in total. The van der Waals surface area contributed by atoms with Crippen molar-refractivity contribution >= 4 is 34.4 Å². The molecule has 2 aromatic heterocycles. The number of rotatable bonds is 5. The van der Waals surface area contributed by atoms with Crippen LogP contribution < -0.4 is 16.4 Å². The number of nitrogens with zero attached hydrogens (tertiary/aromatic N) is 2. The molecule has 4 unspecified atom stereocenters. The van der Waals surface area contributed by atoms with Crippen molar-refractivity contribution in [1.82, 2.24) is 20.3 Å². The number of nitrogens with two attached hydrogens (primary N) is 1. The molecule has 2 aromatic rings. The molecular formula is C20H27ClN6O. The van der Waals surface area contributed by atoms with Crippen molar-refractivity contribution in [3.8, 4) is 0 Å². The van der Waals surface area contributed by atoms with Gasteiger partial charge in [0.05, 0.1) is 22.8 Å². The van der Waals surface area contributed by atoms with Crippen molar-refractivity contribution in [2.75, 3.05) is 18.4 Å². The van der Waals surface area contributed by atoms with Gasteiger partial charge in [-0.05, 0) is 38.1 Å². The summed E-state index contributed by atoms with van der Waals surface area (Å²) in [7, 11) is 0. The highest BCUT2D eigenvalue weighted by Crippen LogP contribution is 2.35. The Hall–Kier alpha value is -2.12. The number of primary amides is 1. The minimum atomic E-state index is -0.291. The average Bonchev–Trinajstić information content (AvgIpc) is 3.15. The highest BCUT2D eigenvalue weighted by atomic mass is 35.5. The summed E-state index contributed by atoms with van der Waals surface area (Å²) in [6.45, 7) is 4.07. The van der Waals surface area contributed by atoms with Crippen LogP contribution in [0.5, 0.6) is 0 Å². The Balaban J connectivity index is 1.70. The number of imidazole rings is 1. The van der Waals surface area contributed by atoms with Crippen molar-refractivity contribution in [2.24, 2.45) is 17.6 Å². The number of fused-ring (bicyclic) bond motifs is 1. The number of halogens is 1. The Kier molecular flexibility index (Phi) is 5.55.